The number of urea groups is 1. The summed E-state index contributed by atoms with van der Waals surface area (Å²) in [7, 11) is 1.56. The SMILES string of the molecule is CNC(=O)c1sccc1NC(=O)N1CCOc2ccc(CN(C(C)=O)c3ccc(C)cc3)cc2C1. The van der Waals surface area contributed by atoms with E-state index in [9.17, 15) is 14.4 Å². The van der Waals surface area contributed by atoms with E-state index in [0.717, 1.165) is 28.1 Å². The van der Waals surface area contributed by atoms with Crippen molar-refractivity contribution in [3.05, 3.63) is 75.5 Å². The number of rotatable bonds is 5. The molecule has 0 bridgehead atoms. The lowest BCUT2D eigenvalue weighted by molar-refractivity contribution is -0.116. The Morgan fingerprint density at radius 3 is 2.60 bits per heavy atom. The van der Waals surface area contributed by atoms with Crippen molar-refractivity contribution in [1.29, 1.82) is 0 Å². The van der Waals surface area contributed by atoms with Crippen LogP contribution in [0, 0.1) is 6.92 Å². The summed E-state index contributed by atoms with van der Waals surface area (Å²) in [5.74, 6) is 0.423. The van der Waals surface area contributed by atoms with Crippen LogP contribution in [0.5, 0.6) is 5.75 Å². The molecule has 0 saturated carbocycles. The molecule has 8 nitrogen and oxygen atoms in total. The Morgan fingerprint density at radius 1 is 1.11 bits per heavy atom. The van der Waals surface area contributed by atoms with E-state index in [1.165, 1.54) is 11.3 Å². The van der Waals surface area contributed by atoms with Gasteiger partial charge in [-0.15, -0.1) is 11.3 Å². The van der Waals surface area contributed by atoms with Crippen LogP contribution in [-0.2, 0) is 17.9 Å². The quantitative estimate of drug-likeness (QED) is 0.553. The molecule has 0 unspecified atom stereocenters. The van der Waals surface area contributed by atoms with Gasteiger partial charge < -0.3 is 25.2 Å². The summed E-state index contributed by atoms with van der Waals surface area (Å²) in [6.45, 7) is 5.07. The predicted octanol–water partition coefficient (Wildman–Crippen LogP) is 4.40. The number of anilines is 2. The Kier molecular flexibility index (Phi) is 7.36. The van der Waals surface area contributed by atoms with E-state index in [0.29, 0.717) is 36.8 Å². The Morgan fingerprint density at radius 2 is 1.89 bits per heavy atom. The number of thiophene rings is 1. The first kappa shape index (κ1) is 24.3. The number of benzene rings is 2. The van der Waals surface area contributed by atoms with Gasteiger partial charge in [-0.05, 0) is 48.2 Å². The van der Waals surface area contributed by atoms with Crippen LogP contribution in [0.15, 0.2) is 53.9 Å². The molecule has 9 heteroatoms. The summed E-state index contributed by atoms with van der Waals surface area (Å²) in [4.78, 5) is 41.3. The van der Waals surface area contributed by atoms with Crippen LogP contribution in [0.1, 0.15) is 33.3 Å². The summed E-state index contributed by atoms with van der Waals surface area (Å²) in [5, 5.41) is 7.20. The first-order valence-electron chi connectivity index (χ1n) is 11.3. The lowest BCUT2D eigenvalue weighted by Crippen LogP contribution is -2.36. The molecule has 1 aliphatic heterocycles. The number of amides is 4. The number of aryl methyl sites for hydroxylation is 1. The summed E-state index contributed by atoms with van der Waals surface area (Å²) in [6.07, 6.45) is 0. The molecule has 182 valence electrons. The molecule has 1 aromatic heterocycles. The summed E-state index contributed by atoms with van der Waals surface area (Å²) < 4.78 is 5.88. The molecule has 0 saturated heterocycles. The smallest absolute Gasteiger partial charge is 0.322 e. The third kappa shape index (κ3) is 5.63. The van der Waals surface area contributed by atoms with Crippen LogP contribution < -0.4 is 20.3 Å². The van der Waals surface area contributed by atoms with Gasteiger partial charge in [0.15, 0.2) is 0 Å². The molecule has 4 amide bonds. The lowest BCUT2D eigenvalue weighted by atomic mass is 10.1. The zero-order valence-corrected chi connectivity index (χ0v) is 20.8. The number of nitrogens with zero attached hydrogens (tertiary/aromatic N) is 2. The molecule has 4 rings (SSSR count). The van der Waals surface area contributed by atoms with Crippen molar-refractivity contribution >= 4 is 40.6 Å². The van der Waals surface area contributed by atoms with Gasteiger partial charge in [0.1, 0.15) is 17.2 Å². The number of carbonyl (C=O) groups excluding carboxylic acids is 3. The second kappa shape index (κ2) is 10.6. The van der Waals surface area contributed by atoms with Gasteiger partial charge in [0.2, 0.25) is 5.91 Å². The van der Waals surface area contributed by atoms with Crippen LogP contribution >= 0.6 is 11.3 Å². The summed E-state index contributed by atoms with van der Waals surface area (Å²) in [5.41, 5.74) is 4.24. The molecule has 35 heavy (non-hydrogen) atoms. The van der Waals surface area contributed by atoms with E-state index in [2.05, 4.69) is 10.6 Å². The minimum absolute atomic E-state index is 0.0521. The molecule has 2 heterocycles. The molecular formula is C26H28N4O4S. The number of fused-ring (bicyclic) bond motifs is 1. The molecule has 3 aromatic rings. The standard InChI is InChI=1S/C26H28N4O4S/c1-17-4-7-21(8-5-17)30(18(2)31)15-19-6-9-23-20(14-19)16-29(11-12-34-23)26(33)28-22-10-13-35-24(22)25(32)27-3/h4-10,13-14H,11-12,15-16H2,1-3H3,(H,27,32)(H,28,33). The second-order valence-electron chi connectivity index (χ2n) is 8.33. The molecule has 0 radical (unpaired) electrons. The van der Waals surface area contributed by atoms with Crippen LogP contribution in [0.3, 0.4) is 0 Å². The number of hydrogen-bond donors (Lipinski definition) is 2. The van der Waals surface area contributed by atoms with Gasteiger partial charge in [0.25, 0.3) is 5.91 Å². The van der Waals surface area contributed by atoms with E-state index in [4.69, 9.17) is 4.74 Å². The second-order valence-corrected chi connectivity index (χ2v) is 9.24. The van der Waals surface area contributed by atoms with Crippen LogP contribution in [0.25, 0.3) is 0 Å². The first-order chi connectivity index (χ1) is 16.9. The van der Waals surface area contributed by atoms with Gasteiger partial charge in [-0.25, -0.2) is 4.79 Å². The molecule has 0 fully saturated rings. The third-order valence-electron chi connectivity index (χ3n) is 5.80. The van der Waals surface area contributed by atoms with Crippen molar-refractivity contribution in [3.8, 4) is 5.75 Å². The molecule has 2 aromatic carbocycles. The van der Waals surface area contributed by atoms with E-state index in [1.807, 2.05) is 49.4 Å². The maximum Gasteiger partial charge on any atom is 0.322 e. The van der Waals surface area contributed by atoms with Crippen molar-refractivity contribution in [1.82, 2.24) is 10.2 Å². The van der Waals surface area contributed by atoms with E-state index >= 15 is 0 Å². The average Bonchev–Trinajstić information content (AvgIpc) is 3.19. The van der Waals surface area contributed by atoms with Gasteiger partial charge in [0.05, 0.1) is 25.3 Å². The zero-order valence-electron chi connectivity index (χ0n) is 20.0. The number of carbonyl (C=O) groups is 3. The van der Waals surface area contributed by atoms with Crippen LogP contribution in [0.4, 0.5) is 16.2 Å². The van der Waals surface area contributed by atoms with Gasteiger partial charge in [0, 0.05) is 25.2 Å². The largest absolute Gasteiger partial charge is 0.491 e. The van der Waals surface area contributed by atoms with Crippen molar-refractivity contribution in [2.45, 2.75) is 26.9 Å². The Hall–Kier alpha value is -3.85. The molecule has 0 aliphatic carbocycles. The number of hydrogen-bond acceptors (Lipinski definition) is 5. The molecular weight excluding hydrogens is 464 g/mol. The van der Waals surface area contributed by atoms with Crippen molar-refractivity contribution < 1.29 is 19.1 Å². The summed E-state index contributed by atoms with van der Waals surface area (Å²) in [6, 6.07) is 15.1. The Labute approximate surface area is 208 Å². The van der Waals surface area contributed by atoms with Crippen molar-refractivity contribution in [3.63, 3.8) is 0 Å². The predicted molar refractivity (Wildman–Crippen MR) is 137 cm³/mol. The molecule has 0 spiro atoms. The van der Waals surface area contributed by atoms with Crippen LogP contribution in [0.2, 0.25) is 0 Å². The number of ether oxygens (including phenoxy) is 1. The third-order valence-corrected chi connectivity index (χ3v) is 6.71. The average molecular weight is 493 g/mol. The zero-order chi connectivity index (χ0) is 24.9. The number of nitrogens with one attached hydrogen (secondary N) is 2. The van der Waals surface area contributed by atoms with Crippen molar-refractivity contribution in [2.24, 2.45) is 0 Å². The van der Waals surface area contributed by atoms with E-state index < -0.39 is 0 Å². The first-order valence-corrected chi connectivity index (χ1v) is 12.2. The Bertz CT molecular complexity index is 1240. The van der Waals surface area contributed by atoms with Gasteiger partial charge >= 0.3 is 6.03 Å². The topological polar surface area (TPSA) is 91.0 Å². The minimum atomic E-state index is -0.305. The molecule has 1 aliphatic rings. The normalized spacial score (nSPS) is 12.7. The van der Waals surface area contributed by atoms with Gasteiger partial charge in [-0.2, -0.15) is 0 Å². The van der Waals surface area contributed by atoms with E-state index in [-0.39, 0.29) is 17.8 Å². The fourth-order valence-corrected chi connectivity index (χ4v) is 4.70. The minimum Gasteiger partial charge on any atom is -0.491 e. The highest BCUT2D eigenvalue weighted by Crippen LogP contribution is 2.28. The van der Waals surface area contributed by atoms with Gasteiger partial charge in [-0.1, -0.05) is 23.8 Å². The molecule has 2 N–H and O–H groups in total. The summed E-state index contributed by atoms with van der Waals surface area (Å²) >= 11 is 1.27. The fourth-order valence-electron chi connectivity index (χ4n) is 3.90. The molecule has 0 atom stereocenters. The monoisotopic (exact) mass is 492 g/mol. The highest BCUT2D eigenvalue weighted by Gasteiger charge is 2.23. The fraction of sp³-hybridized carbons (Fsp3) is 0.269. The highest BCUT2D eigenvalue weighted by atomic mass is 32.1. The van der Waals surface area contributed by atoms with Gasteiger partial charge in [-0.3, -0.25) is 9.59 Å². The maximum atomic E-state index is 13.0. The maximum absolute atomic E-state index is 13.0. The van der Waals surface area contributed by atoms with E-state index in [1.54, 1.807) is 35.2 Å². The lowest BCUT2D eigenvalue weighted by Gasteiger charge is -2.23. The van der Waals surface area contributed by atoms with Crippen LogP contribution in [-0.4, -0.2) is 42.9 Å². The van der Waals surface area contributed by atoms with Crippen molar-refractivity contribution in [2.75, 3.05) is 30.4 Å². The highest BCUT2D eigenvalue weighted by molar-refractivity contribution is 7.12. The Balaban J connectivity index is 1.51.